The van der Waals surface area contributed by atoms with Gasteiger partial charge in [0, 0.05) is 4.88 Å². The quantitative estimate of drug-likeness (QED) is 0.763. The smallest absolute Gasteiger partial charge is 0.337 e. The molecule has 1 N–H and O–H groups in total. The maximum Gasteiger partial charge on any atom is 0.337 e. The Balaban J connectivity index is 2.32. The van der Waals surface area contributed by atoms with E-state index in [1.54, 1.807) is 31.4 Å². The third kappa shape index (κ3) is 4.60. The number of aliphatic carboxylic acids is 1. The van der Waals surface area contributed by atoms with E-state index in [1.807, 2.05) is 17.5 Å². The number of rotatable bonds is 7. The Kier molecular flexibility index (Phi) is 5.82. The zero-order valence-electron chi connectivity index (χ0n) is 13.4. The number of carbonyl (C=O) groups is 1. The first kappa shape index (κ1) is 17.1. The molecule has 0 atom stereocenters. The van der Waals surface area contributed by atoms with Crippen molar-refractivity contribution in [3.63, 3.8) is 0 Å². The summed E-state index contributed by atoms with van der Waals surface area (Å²) < 4.78 is 11.1. The fraction of sp³-hybridized carbons (Fsp3) is 0.278. The Morgan fingerprint density at radius 1 is 1.30 bits per heavy atom. The van der Waals surface area contributed by atoms with Gasteiger partial charge in [-0.2, -0.15) is 0 Å². The fourth-order valence-corrected chi connectivity index (χ4v) is 2.72. The van der Waals surface area contributed by atoms with Crippen LogP contribution in [0.1, 0.15) is 24.3 Å². The summed E-state index contributed by atoms with van der Waals surface area (Å²) in [5.41, 5.74) is 1.02. The monoisotopic (exact) mass is 332 g/mol. The second-order valence-electron chi connectivity index (χ2n) is 5.46. The van der Waals surface area contributed by atoms with Crippen molar-refractivity contribution in [1.82, 2.24) is 0 Å². The lowest BCUT2D eigenvalue weighted by molar-refractivity contribution is -0.130. The Morgan fingerprint density at radius 2 is 2.09 bits per heavy atom. The lowest BCUT2D eigenvalue weighted by atomic mass is 10.1. The molecule has 0 aliphatic heterocycles. The summed E-state index contributed by atoms with van der Waals surface area (Å²) in [6.07, 6.45) is 1.64. The largest absolute Gasteiger partial charge is 0.493 e. The average molecular weight is 332 g/mol. The van der Waals surface area contributed by atoms with Crippen LogP contribution in [-0.2, 0) is 4.79 Å². The second kappa shape index (κ2) is 7.83. The SMILES string of the molecule is COc1cc(/C=C(\C(=O)O)c2cccs2)ccc1OCC(C)C. The number of benzene rings is 1. The highest BCUT2D eigenvalue weighted by molar-refractivity contribution is 7.11. The zero-order valence-corrected chi connectivity index (χ0v) is 14.2. The minimum atomic E-state index is -0.952. The summed E-state index contributed by atoms with van der Waals surface area (Å²) in [4.78, 5) is 12.2. The molecule has 1 aromatic carbocycles. The maximum atomic E-state index is 11.5. The van der Waals surface area contributed by atoms with Gasteiger partial charge in [0.15, 0.2) is 11.5 Å². The molecule has 1 aromatic heterocycles. The van der Waals surface area contributed by atoms with E-state index < -0.39 is 5.97 Å². The van der Waals surface area contributed by atoms with Crippen LogP contribution in [0.2, 0.25) is 0 Å². The highest BCUT2D eigenvalue weighted by Gasteiger charge is 2.13. The molecule has 1 heterocycles. The minimum Gasteiger partial charge on any atom is -0.493 e. The molecule has 0 spiro atoms. The molecule has 122 valence electrons. The van der Waals surface area contributed by atoms with E-state index in [1.165, 1.54) is 11.3 Å². The number of carboxylic acids is 1. The van der Waals surface area contributed by atoms with Gasteiger partial charge in [-0.05, 0) is 41.1 Å². The summed E-state index contributed by atoms with van der Waals surface area (Å²) in [6, 6.07) is 9.05. The van der Waals surface area contributed by atoms with Gasteiger partial charge in [0.2, 0.25) is 0 Å². The van der Waals surface area contributed by atoms with Crippen molar-refractivity contribution in [2.45, 2.75) is 13.8 Å². The standard InChI is InChI=1S/C18H20O4S/c1-12(2)11-22-15-7-6-13(10-16(15)21-3)9-14(18(19)20)17-5-4-8-23-17/h4-10,12H,11H2,1-3H3,(H,19,20)/b14-9-. The number of carboxylic acid groups (broad SMARTS) is 1. The first-order valence-electron chi connectivity index (χ1n) is 7.31. The number of ether oxygens (including phenoxy) is 2. The van der Waals surface area contributed by atoms with Gasteiger partial charge in [0.05, 0.1) is 19.3 Å². The van der Waals surface area contributed by atoms with E-state index in [-0.39, 0.29) is 5.57 Å². The van der Waals surface area contributed by atoms with Gasteiger partial charge < -0.3 is 14.6 Å². The molecule has 5 heteroatoms. The highest BCUT2D eigenvalue weighted by Crippen LogP contribution is 2.31. The topological polar surface area (TPSA) is 55.8 Å². The predicted molar refractivity (Wildman–Crippen MR) is 93.2 cm³/mol. The van der Waals surface area contributed by atoms with Crippen molar-refractivity contribution in [2.24, 2.45) is 5.92 Å². The zero-order chi connectivity index (χ0) is 16.8. The van der Waals surface area contributed by atoms with E-state index in [2.05, 4.69) is 13.8 Å². The van der Waals surface area contributed by atoms with Crippen molar-refractivity contribution < 1.29 is 19.4 Å². The lowest BCUT2D eigenvalue weighted by Gasteiger charge is -2.13. The van der Waals surface area contributed by atoms with Crippen molar-refractivity contribution in [3.8, 4) is 11.5 Å². The maximum absolute atomic E-state index is 11.5. The highest BCUT2D eigenvalue weighted by atomic mass is 32.1. The van der Waals surface area contributed by atoms with E-state index in [0.29, 0.717) is 24.0 Å². The van der Waals surface area contributed by atoms with Crippen LogP contribution in [0.15, 0.2) is 35.7 Å². The Morgan fingerprint density at radius 3 is 2.65 bits per heavy atom. The minimum absolute atomic E-state index is 0.262. The lowest BCUT2D eigenvalue weighted by Crippen LogP contribution is -2.05. The molecule has 0 saturated carbocycles. The molecule has 0 aliphatic rings. The van der Waals surface area contributed by atoms with Gasteiger partial charge in [0.25, 0.3) is 0 Å². The van der Waals surface area contributed by atoms with Crippen molar-refractivity contribution in [2.75, 3.05) is 13.7 Å². The average Bonchev–Trinajstić information content (AvgIpc) is 3.04. The normalized spacial score (nSPS) is 11.6. The summed E-state index contributed by atoms with van der Waals surface area (Å²) in [5, 5.41) is 11.3. The van der Waals surface area contributed by atoms with Crippen LogP contribution in [0.3, 0.4) is 0 Å². The Labute approximate surface area is 140 Å². The third-order valence-corrected chi connectivity index (χ3v) is 3.99. The fourth-order valence-electron chi connectivity index (χ4n) is 1.99. The van der Waals surface area contributed by atoms with Gasteiger partial charge in [-0.15, -0.1) is 11.3 Å². The molecule has 23 heavy (non-hydrogen) atoms. The van der Waals surface area contributed by atoms with Crippen LogP contribution in [-0.4, -0.2) is 24.8 Å². The van der Waals surface area contributed by atoms with Crippen LogP contribution < -0.4 is 9.47 Å². The molecule has 2 rings (SSSR count). The molecule has 0 amide bonds. The van der Waals surface area contributed by atoms with Crippen LogP contribution in [0.25, 0.3) is 11.6 Å². The van der Waals surface area contributed by atoms with E-state index in [9.17, 15) is 9.90 Å². The Hall–Kier alpha value is -2.27. The van der Waals surface area contributed by atoms with Gasteiger partial charge in [-0.3, -0.25) is 0 Å². The van der Waals surface area contributed by atoms with E-state index >= 15 is 0 Å². The molecule has 0 saturated heterocycles. The molecule has 0 bridgehead atoms. The van der Waals surface area contributed by atoms with Gasteiger partial charge >= 0.3 is 5.97 Å². The molecular formula is C18H20O4S. The number of methoxy groups -OCH3 is 1. The van der Waals surface area contributed by atoms with E-state index in [4.69, 9.17) is 9.47 Å². The number of thiophene rings is 1. The second-order valence-corrected chi connectivity index (χ2v) is 6.40. The predicted octanol–water partition coefficient (Wildman–Crippen LogP) is 4.42. The van der Waals surface area contributed by atoms with Crippen LogP contribution in [0.4, 0.5) is 0 Å². The molecule has 0 radical (unpaired) electrons. The first-order valence-corrected chi connectivity index (χ1v) is 8.19. The summed E-state index contributed by atoms with van der Waals surface area (Å²) in [6.45, 7) is 4.74. The van der Waals surface area contributed by atoms with Gasteiger partial charge in [0.1, 0.15) is 0 Å². The number of hydrogen-bond acceptors (Lipinski definition) is 4. The van der Waals surface area contributed by atoms with Crippen molar-refractivity contribution in [3.05, 3.63) is 46.2 Å². The summed E-state index contributed by atoms with van der Waals surface area (Å²) >= 11 is 1.40. The van der Waals surface area contributed by atoms with E-state index in [0.717, 1.165) is 10.4 Å². The Bertz CT molecular complexity index is 687. The van der Waals surface area contributed by atoms with Crippen molar-refractivity contribution >= 4 is 29.0 Å². The molecule has 2 aromatic rings. The third-order valence-electron chi connectivity index (χ3n) is 3.09. The van der Waals surface area contributed by atoms with Gasteiger partial charge in [-0.1, -0.05) is 26.0 Å². The first-order chi connectivity index (χ1) is 11.0. The van der Waals surface area contributed by atoms with Crippen LogP contribution >= 0.6 is 11.3 Å². The van der Waals surface area contributed by atoms with Gasteiger partial charge in [-0.25, -0.2) is 4.79 Å². The summed E-state index contributed by atoms with van der Waals surface area (Å²) in [7, 11) is 1.57. The molecule has 4 nitrogen and oxygen atoms in total. The van der Waals surface area contributed by atoms with Crippen LogP contribution in [0.5, 0.6) is 11.5 Å². The van der Waals surface area contributed by atoms with Crippen LogP contribution in [0, 0.1) is 5.92 Å². The molecule has 0 aliphatic carbocycles. The molecule has 0 fully saturated rings. The van der Waals surface area contributed by atoms with Crippen molar-refractivity contribution in [1.29, 1.82) is 0 Å². The number of hydrogen-bond donors (Lipinski definition) is 1. The molecule has 0 unspecified atom stereocenters. The summed E-state index contributed by atoms with van der Waals surface area (Å²) in [5.74, 6) is 0.713. The molecular weight excluding hydrogens is 312 g/mol.